The van der Waals surface area contributed by atoms with E-state index in [0.717, 1.165) is 49.2 Å². The number of benzene rings is 1. The Bertz CT molecular complexity index is 1780. The number of piperidine rings is 1. The summed E-state index contributed by atoms with van der Waals surface area (Å²) in [5.41, 5.74) is 1.33. The number of pyridine rings is 1. The normalized spacial score (nSPS) is 17.5. The minimum atomic E-state index is -0.445. The van der Waals surface area contributed by atoms with E-state index in [1.807, 2.05) is 74.4 Å². The van der Waals surface area contributed by atoms with E-state index in [1.165, 1.54) is 11.3 Å². The summed E-state index contributed by atoms with van der Waals surface area (Å²) in [6.07, 6.45) is 7.57. The number of carbonyl (C=O) groups excluding carboxylic acids is 4. The fourth-order valence-electron chi connectivity index (χ4n) is 7.90. The van der Waals surface area contributed by atoms with Crippen LogP contribution in [0.4, 0.5) is 0 Å². The van der Waals surface area contributed by atoms with Crippen molar-refractivity contribution in [3.05, 3.63) is 76.4 Å². The Hall–Kier alpha value is -3.30. The van der Waals surface area contributed by atoms with Crippen LogP contribution in [0.3, 0.4) is 0 Å². The van der Waals surface area contributed by atoms with Crippen molar-refractivity contribution < 1.29 is 28.7 Å². The highest BCUT2D eigenvalue weighted by Crippen LogP contribution is 2.33. The lowest BCUT2D eigenvalue weighted by atomic mass is 9.83. The van der Waals surface area contributed by atoms with Crippen molar-refractivity contribution in [1.29, 1.82) is 0 Å². The molecule has 0 spiro atoms. The Morgan fingerprint density at radius 3 is 2.43 bits per heavy atom. The van der Waals surface area contributed by atoms with E-state index in [9.17, 15) is 19.2 Å². The number of amides is 2. The zero-order valence-electron chi connectivity index (χ0n) is 37.5. The number of likely N-dealkylation sites (tertiary alicyclic amines) is 1. The molecular weight excluding hydrogens is 827 g/mol. The van der Waals surface area contributed by atoms with Crippen LogP contribution in [0.1, 0.15) is 120 Å². The number of nitrogens with one attached hydrogen (secondary N) is 1. The molecule has 0 aliphatic carbocycles. The van der Waals surface area contributed by atoms with E-state index in [2.05, 4.69) is 49.8 Å². The fraction of sp³-hybridized carbons (Fsp3) is 0.617. The van der Waals surface area contributed by atoms with E-state index in [4.69, 9.17) is 14.5 Å². The van der Waals surface area contributed by atoms with Crippen molar-refractivity contribution in [1.82, 2.24) is 25.1 Å². The van der Waals surface area contributed by atoms with Gasteiger partial charge in [-0.05, 0) is 86.0 Å². The molecule has 11 nitrogen and oxygen atoms in total. The van der Waals surface area contributed by atoms with E-state index in [-0.39, 0.29) is 72.2 Å². The first-order valence-corrected chi connectivity index (χ1v) is 25.3. The lowest BCUT2D eigenvalue weighted by Crippen LogP contribution is -2.48. The molecule has 7 atom stereocenters. The number of carbonyl (C=O) groups is 4. The summed E-state index contributed by atoms with van der Waals surface area (Å²) in [5, 5.41) is 6.52. The topological polar surface area (TPSA) is 131 Å². The highest BCUT2D eigenvalue weighted by molar-refractivity contribution is 8.76. The van der Waals surface area contributed by atoms with E-state index < -0.39 is 17.9 Å². The van der Waals surface area contributed by atoms with Gasteiger partial charge in [-0.15, -0.1) is 11.3 Å². The van der Waals surface area contributed by atoms with Gasteiger partial charge >= 0.3 is 5.97 Å². The molecule has 1 N–H and O–H groups in total. The van der Waals surface area contributed by atoms with Gasteiger partial charge in [0.05, 0.1) is 12.0 Å². The van der Waals surface area contributed by atoms with Crippen LogP contribution in [-0.4, -0.2) is 101 Å². The number of nitrogens with zero attached hydrogens (tertiary/aromatic N) is 4. The summed E-state index contributed by atoms with van der Waals surface area (Å²) in [6.45, 7) is 14.0. The van der Waals surface area contributed by atoms with Gasteiger partial charge in [0.2, 0.25) is 5.91 Å². The Morgan fingerprint density at radius 1 is 1.00 bits per heavy atom. The maximum Gasteiger partial charge on any atom is 0.308 e. The second-order valence-electron chi connectivity index (χ2n) is 16.8. The summed E-state index contributed by atoms with van der Waals surface area (Å²) >= 11 is 1.38. The van der Waals surface area contributed by atoms with Gasteiger partial charge in [0, 0.05) is 61.8 Å². The molecule has 1 aliphatic rings. The average Bonchev–Trinajstić information content (AvgIpc) is 3.76. The first kappa shape index (κ1) is 50.3. The molecule has 2 amide bonds. The first-order chi connectivity index (χ1) is 29.3. The Morgan fingerprint density at radius 2 is 1.75 bits per heavy atom. The molecule has 3 heterocycles. The van der Waals surface area contributed by atoms with Crippen LogP contribution < -0.4 is 5.32 Å². The van der Waals surface area contributed by atoms with Gasteiger partial charge in [-0.2, -0.15) is 0 Å². The number of ketones is 1. The number of thiazole rings is 1. The molecule has 61 heavy (non-hydrogen) atoms. The average molecular weight is 896 g/mol. The van der Waals surface area contributed by atoms with Crippen LogP contribution in [0, 0.1) is 23.7 Å². The minimum Gasteiger partial charge on any atom is -0.465 e. The molecule has 0 radical (unpaired) electrons. The van der Waals surface area contributed by atoms with Crippen LogP contribution in [-0.2, 0) is 30.3 Å². The Labute approximate surface area is 376 Å². The van der Waals surface area contributed by atoms with Crippen LogP contribution in [0.2, 0.25) is 0 Å². The van der Waals surface area contributed by atoms with Crippen molar-refractivity contribution >= 4 is 56.5 Å². The first-order valence-electron chi connectivity index (χ1n) is 22.1. The molecule has 3 aromatic rings. The number of esters is 1. The van der Waals surface area contributed by atoms with Crippen molar-refractivity contribution in [3.63, 3.8) is 0 Å². The van der Waals surface area contributed by atoms with E-state index in [1.54, 1.807) is 33.2 Å². The molecule has 1 aliphatic heterocycles. The van der Waals surface area contributed by atoms with Crippen molar-refractivity contribution in [2.75, 3.05) is 39.6 Å². The molecule has 14 heteroatoms. The highest BCUT2D eigenvalue weighted by atomic mass is 33.1. The lowest BCUT2D eigenvalue weighted by molar-refractivity contribution is -0.147. The standard InChI is InChI=1S/C47H69N5O6S3/c1-9-24-57-42(30-40(32(3)4)52(8)46(55)37(33(5)10-2)29-41(53)39-20-15-17-23-51(39)7)45-50-38(31-59-45)44(54)49-36(28-35-18-12-11-13-19-35)27-34(6)47(56)58-25-26-60-61-43-21-14-16-22-48-43/h11-14,16,18-19,21-22,31-34,36-37,39-40,42H,9-10,15,17,20,23-30H2,1-8H3,(H,49,54)/t33?,34-,36+,37-,39+,40+,42+/m0/s1. The van der Waals surface area contributed by atoms with Gasteiger partial charge in [-0.1, -0.05) is 102 Å². The van der Waals surface area contributed by atoms with Crippen LogP contribution in [0.5, 0.6) is 0 Å². The molecule has 2 aromatic heterocycles. The molecule has 4 rings (SSSR count). The second-order valence-corrected chi connectivity index (χ2v) is 20.1. The lowest BCUT2D eigenvalue weighted by Gasteiger charge is -2.38. The van der Waals surface area contributed by atoms with Gasteiger partial charge in [0.1, 0.15) is 28.4 Å². The SMILES string of the molecule is CCCO[C@H](C[C@H](C(C)C)N(C)C(=O)[C@@H](CC(=O)[C@H]1CCCCN1C)C(C)CC)c1nc(C(=O)N[C@@H](Cc2ccccc2)C[C@H](C)C(=O)OCCSSc2ccccn2)cs1. The van der Waals surface area contributed by atoms with Crippen LogP contribution in [0.25, 0.3) is 0 Å². The summed E-state index contributed by atoms with van der Waals surface area (Å²) in [5.74, 6) is -0.537. The zero-order valence-corrected chi connectivity index (χ0v) is 40.0. The summed E-state index contributed by atoms with van der Waals surface area (Å²) in [6, 6.07) is 15.0. The van der Waals surface area contributed by atoms with Crippen molar-refractivity contribution in [3.8, 4) is 0 Å². The quantitative estimate of drug-likeness (QED) is 0.0470. The van der Waals surface area contributed by atoms with Gasteiger partial charge in [0.25, 0.3) is 5.91 Å². The highest BCUT2D eigenvalue weighted by Gasteiger charge is 2.37. The molecule has 0 bridgehead atoms. The van der Waals surface area contributed by atoms with Gasteiger partial charge < -0.3 is 19.7 Å². The predicted octanol–water partition coefficient (Wildman–Crippen LogP) is 9.34. The number of hydrogen-bond acceptors (Lipinski definition) is 12. The zero-order chi connectivity index (χ0) is 44.3. The largest absolute Gasteiger partial charge is 0.465 e. The molecule has 1 unspecified atom stereocenters. The van der Waals surface area contributed by atoms with Crippen molar-refractivity contribution in [2.45, 2.75) is 129 Å². The number of hydrogen-bond donors (Lipinski definition) is 1. The van der Waals surface area contributed by atoms with Gasteiger partial charge in [-0.25, -0.2) is 9.97 Å². The maximum atomic E-state index is 14.4. The number of aromatic nitrogens is 2. The van der Waals surface area contributed by atoms with Gasteiger partial charge in [0.15, 0.2) is 5.78 Å². The van der Waals surface area contributed by atoms with Crippen molar-refractivity contribution in [2.24, 2.45) is 23.7 Å². The molecule has 1 fully saturated rings. The van der Waals surface area contributed by atoms with Gasteiger partial charge in [-0.3, -0.25) is 24.1 Å². The van der Waals surface area contributed by atoms with E-state index >= 15 is 0 Å². The maximum absolute atomic E-state index is 14.4. The number of likely N-dealkylation sites (N-methyl/N-ethyl adjacent to an activating group) is 1. The van der Waals surface area contributed by atoms with E-state index in [0.29, 0.717) is 36.6 Å². The Kier molecular flexibility index (Phi) is 21.8. The number of ether oxygens (including phenoxy) is 2. The summed E-state index contributed by atoms with van der Waals surface area (Å²) in [4.78, 5) is 68.2. The summed E-state index contributed by atoms with van der Waals surface area (Å²) < 4.78 is 12.1. The predicted molar refractivity (Wildman–Crippen MR) is 249 cm³/mol. The summed E-state index contributed by atoms with van der Waals surface area (Å²) in [7, 11) is 7.01. The molecule has 1 saturated heterocycles. The molecule has 1 aromatic carbocycles. The molecule has 336 valence electrons. The number of Topliss-reactive ketones (excluding diaryl/α,β-unsaturated/α-hetero) is 1. The molecule has 0 saturated carbocycles. The fourth-order valence-corrected chi connectivity index (χ4v) is 10.5. The van der Waals surface area contributed by atoms with Crippen LogP contribution >= 0.6 is 32.9 Å². The second kappa shape index (κ2) is 26.4. The Balaban J connectivity index is 1.43. The number of rotatable bonds is 26. The monoisotopic (exact) mass is 895 g/mol. The molecular formula is C47H69N5O6S3. The minimum absolute atomic E-state index is 0.00520. The van der Waals surface area contributed by atoms with Crippen LogP contribution in [0.15, 0.2) is 65.1 Å². The smallest absolute Gasteiger partial charge is 0.308 e. The third-order valence-corrected chi connectivity index (χ3v) is 14.9. The third kappa shape index (κ3) is 16.1. The third-order valence-electron chi connectivity index (χ3n) is 11.7.